The molecule has 1 aliphatic rings. The Bertz CT molecular complexity index is 1260. The van der Waals surface area contributed by atoms with Crippen LogP contribution in [-0.4, -0.2) is 41.6 Å². The molecule has 172 valence electrons. The van der Waals surface area contributed by atoms with Crippen LogP contribution < -0.4 is 5.32 Å². The monoisotopic (exact) mass is 486 g/mol. The normalized spacial score (nSPS) is 15.3. The zero-order chi connectivity index (χ0) is 23.6. The molecular formula is C22H22N4O5S2. The number of benzene rings is 2. The van der Waals surface area contributed by atoms with Gasteiger partial charge in [0.1, 0.15) is 0 Å². The van der Waals surface area contributed by atoms with Crippen molar-refractivity contribution in [3.8, 4) is 11.3 Å². The van der Waals surface area contributed by atoms with Gasteiger partial charge in [-0.2, -0.15) is 4.31 Å². The second-order valence-corrected chi connectivity index (χ2v) is 10.6. The van der Waals surface area contributed by atoms with Crippen molar-refractivity contribution < 1.29 is 18.1 Å². The van der Waals surface area contributed by atoms with Crippen LogP contribution in [0.4, 0.5) is 10.8 Å². The highest BCUT2D eigenvalue weighted by Gasteiger charge is 2.32. The first kappa shape index (κ1) is 23.0. The third-order valence-corrected chi connectivity index (χ3v) is 8.26. The number of carbonyl (C=O) groups is 1. The molecule has 0 spiro atoms. The zero-order valence-electron chi connectivity index (χ0n) is 17.8. The number of amides is 1. The maximum atomic E-state index is 12.8. The standard InChI is InChI=1S/C22H22N4O5S2/c1-15-2-8-19(9-3-15)33(30,31)25-12-10-17(11-13-25)21(27)24-22-23-20(14-32-22)16-4-6-18(7-5-16)26(28)29/h2-9,14,17H,10-13H2,1H3,(H,23,24,27). The van der Waals surface area contributed by atoms with E-state index >= 15 is 0 Å². The van der Waals surface area contributed by atoms with Crippen LogP contribution >= 0.6 is 11.3 Å². The molecule has 2 heterocycles. The van der Waals surface area contributed by atoms with Crippen molar-refractivity contribution in [1.82, 2.24) is 9.29 Å². The fraction of sp³-hybridized carbons (Fsp3) is 0.273. The van der Waals surface area contributed by atoms with E-state index in [1.54, 1.807) is 41.8 Å². The highest BCUT2D eigenvalue weighted by molar-refractivity contribution is 7.89. The molecule has 0 saturated carbocycles. The van der Waals surface area contributed by atoms with E-state index in [1.165, 1.54) is 27.8 Å². The molecule has 1 saturated heterocycles. The molecule has 0 atom stereocenters. The van der Waals surface area contributed by atoms with Crippen LogP contribution in [0.5, 0.6) is 0 Å². The molecule has 1 aromatic heterocycles. The average molecular weight is 487 g/mol. The molecule has 0 bridgehead atoms. The number of nitrogens with one attached hydrogen (secondary N) is 1. The number of nitrogens with zero attached hydrogens (tertiary/aromatic N) is 3. The molecule has 4 rings (SSSR count). The fourth-order valence-corrected chi connectivity index (χ4v) is 5.84. The van der Waals surface area contributed by atoms with Crippen molar-refractivity contribution in [2.75, 3.05) is 18.4 Å². The quantitative estimate of drug-likeness (QED) is 0.414. The van der Waals surface area contributed by atoms with Gasteiger partial charge < -0.3 is 5.32 Å². The third-order valence-electron chi connectivity index (χ3n) is 5.59. The number of sulfonamides is 1. The summed E-state index contributed by atoms with van der Waals surface area (Å²) in [5.74, 6) is -0.492. The van der Waals surface area contributed by atoms with Gasteiger partial charge in [0, 0.05) is 42.1 Å². The van der Waals surface area contributed by atoms with Gasteiger partial charge >= 0.3 is 0 Å². The number of thiazole rings is 1. The van der Waals surface area contributed by atoms with Crippen molar-refractivity contribution in [1.29, 1.82) is 0 Å². The highest BCUT2D eigenvalue weighted by atomic mass is 32.2. The van der Waals surface area contributed by atoms with Crippen LogP contribution in [0.1, 0.15) is 18.4 Å². The lowest BCUT2D eigenvalue weighted by Crippen LogP contribution is -2.41. The largest absolute Gasteiger partial charge is 0.302 e. The number of non-ortho nitro benzene ring substituents is 1. The van der Waals surface area contributed by atoms with E-state index < -0.39 is 14.9 Å². The molecule has 3 aromatic rings. The zero-order valence-corrected chi connectivity index (χ0v) is 19.4. The Labute approximate surface area is 195 Å². The molecule has 11 heteroatoms. The molecule has 0 radical (unpaired) electrons. The lowest BCUT2D eigenvalue weighted by molar-refractivity contribution is -0.384. The number of hydrogen-bond donors (Lipinski definition) is 1. The Hall–Kier alpha value is -3.15. The minimum Gasteiger partial charge on any atom is -0.302 e. The molecule has 33 heavy (non-hydrogen) atoms. The van der Waals surface area contributed by atoms with E-state index in [0.29, 0.717) is 29.2 Å². The summed E-state index contributed by atoms with van der Waals surface area (Å²) < 4.78 is 27.1. The first-order valence-corrected chi connectivity index (χ1v) is 12.6. The van der Waals surface area contributed by atoms with Crippen LogP contribution in [0.15, 0.2) is 58.8 Å². The second-order valence-electron chi connectivity index (χ2n) is 7.82. The molecule has 0 unspecified atom stereocenters. The summed E-state index contributed by atoms with van der Waals surface area (Å²) in [7, 11) is -3.57. The summed E-state index contributed by atoms with van der Waals surface area (Å²) in [6, 6.07) is 12.8. The van der Waals surface area contributed by atoms with Gasteiger partial charge in [-0.05, 0) is 44.0 Å². The molecule has 1 amide bonds. The van der Waals surface area contributed by atoms with Gasteiger partial charge in [-0.25, -0.2) is 13.4 Å². The van der Waals surface area contributed by atoms with Gasteiger partial charge in [0.2, 0.25) is 15.9 Å². The molecule has 9 nitrogen and oxygen atoms in total. The number of hydrogen-bond acceptors (Lipinski definition) is 7. The van der Waals surface area contributed by atoms with E-state index in [1.807, 2.05) is 6.92 Å². The number of rotatable bonds is 6. The molecule has 2 aromatic carbocycles. The Morgan fingerprint density at radius 3 is 2.36 bits per heavy atom. The minimum atomic E-state index is -3.57. The SMILES string of the molecule is Cc1ccc(S(=O)(=O)N2CCC(C(=O)Nc3nc(-c4ccc([N+](=O)[O-])cc4)cs3)CC2)cc1. The maximum absolute atomic E-state index is 12.8. The fourth-order valence-electron chi connectivity index (χ4n) is 3.64. The number of carbonyl (C=O) groups excluding carboxylic acids is 1. The molecular weight excluding hydrogens is 464 g/mol. The van der Waals surface area contributed by atoms with Gasteiger partial charge in [-0.15, -0.1) is 11.3 Å². The predicted octanol–water partition coefficient (Wildman–Crippen LogP) is 4.07. The van der Waals surface area contributed by atoms with Crippen molar-refractivity contribution in [2.24, 2.45) is 5.92 Å². The van der Waals surface area contributed by atoms with Crippen LogP contribution in [0.3, 0.4) is 0 Å². The highest BCUT2D eigenvalue weighted by Crippen LogP contribution is 2.29. The number of aryl methyl sites for hydroxylation is 1. The summed E-state index contributed by atoms with van der Waals surface area (Å²) in [5.41, 5.74) is 2.32. The number of nitro benzene ring substituents is 1. The lowest BCUT2D eigenvalue weighted by atomic mass is 9.97. The summed E-state index contributed by atoms with van der Waals surface area (Å²) >= 11 is 1.27. The summed E-state index contributed by atoms with van der Waals surface area (Å²) in [6.45, 7) is 2.46. The number of aromatic nitrogens is 1. The Morgan fingerprint density at radius 2 is 1.76 bits per heavy atom. The van der Waals surface area contributed by atoms with Crippen molar-refractivity contribution >= 4 is 38.1 Å². The molecule has 1 aliphatic heterocycles. The number of nitro groups is 1. The Morgan fingerprint density at radius 1 is 1.12 bits per heavy atom. The van der Waals surface area contributed by atoms with Crippen LogP contribution in [0.2, 0.25) is 0 Å². The Kier molecular flexibility index (Phi) is 6.54. The summed E-state index contributed by atoms with van der Waals surface area (Å²) in [5, 5.41) is 15.8. The van der Waals surface area contributed by atoms with E-state index in [-0.39, 0.29) is 35.5 Å². The van der Waals surface area contributed by atoms with Gasteiger partial charge in [0.15, 0.2) is 5.13 Å². The third kappa shape index (κ3) is 5.10. The number of anilines is 1. The number of piperidine rings is 1. The smallest absolute Gasteiger partial charge is 0.269 e. The summed E-state index contributed by atoms with van der Waals surface area (Å²) in [6.07, 6.45) is 0.856. The molecule has 0 aliphatic carbocycles. The Balaban J connectivity index is 1.35. The first-order valence-electron chi connectivity index (χ1n) is 10.3. The van der Waals surface area contributed by atoms with Crippen molar-refractivity contribution in [3.63, 3.8) is 0 Å². The molecule has 1 N–H and O–H groups in total. The van der Waals surface area contributed by atoms with Crippen LogP contribution in [0, 0.1) is 23.0 Å². The van der Waals surface area contributed by atoms with Gasteiger partial charge in [0.25, 0.3) is 5.69 Å². The van der Waals surface area contributed by atoms with Gasteiger partial charge in [-0.1, -0.05) is 17.7 Å². The molecule has 1 fully saturated rings. The topological polar surface area (TPSA) is 123 Å². The minimum absolute atomic E-state index is 0.00163. The summed E-state index contributed by atoms with van der Waals surface area (Å²) in [4.78, 5) is 27.7. The van der Waals surface area contributed by atoms with Crippen molar-refractivity contribution in [2.45, 2.75) is 24.7 Å². The van der Waals surface area contributed by atoms with Gasteiger partial charge in [0.05, 0.1) is 15.5 Å². The first-order chi connectivity index (χ1) is 15.7. The lowest BCUT2D eigenvalue weighted by Gasteiger charge is -2.30. The van der Waals surface area contributed by atoms with E-state index in [2.05, 4.69) is 10.3 Å². The van der Waals surface area contributed by atoms with E-state index in [4.69, 9.17) is 0 Å². The van der Waals surface area contributed by atoms with Crippen LogP contribution in [-0.2, 0) is 14.8 Å². The van der Waals surface area contributed by atoms with Crippen LogP contribution in [0.25, 0.3) is 11.3 Å². The average Bonchev–Trinajstić information content (AvgIpc) is 3.28. The van der Waals surface area contributed by atoms with Gasteiger partial charge in [-0.3, -0.25) is 14.9 Å². The second kappa shape index (κ2) is 9.38. The van der Waals surface area contributed by atoms with E-state index in [0.717, 1.165) is 5.56 Å². The maximum Gasteiger partial charge on any atom is 0.269 e. The van der Waals surface area contributed by atoms with Crippen molar-refractivity contribution in [3.05, 3.63) is 69.6 Å². The van der Waals surface area contributed by atoms with E-state index in [9.17, 15) is 23.3 Å². The predicted molar refractivity (Wildman–Crippen MR) is 125 cm³/mol.